The second-order valence-electron chi connectivity index (χ2n) is 6.53. The molecule has 0 unspecified atom stereocenters. The molecule has 0 saturated carbocycles. The molecular weight excluding hydrogens is 380 g/mol. The van der Waals surface area contributed by atoms with Crippen LogP contribution in [-0.2, 0) is 0 Å². The normalized spacial score (nSPS) is 11.7. The predicted octanol–water partition coefficient (Wildman–Crippen LogP) is 4.63. The van der Waals surface area contributed by atoms with Gasteiger partial charge in [0.1, 0.15) is 11.2 Å². The van der Waals surface area contributed by atoms with Gasteiger partial charge >= 0.3 is 0 Å². The Labute approximate surface area is 163 Å². The maximum absolute atomic E-state index is 11.0. The molecule has 0 amide bonds. The van der Waals surface area contributed by atoms with Crippen molar-refractivity contribution in [3.63, 3.8) is 0 Å². The molecule has 148 valence electrons. The fourth-order valence-corrected chi connectivity index (χ4v) is 3.76. The van der Waals surface area contributed by atoms with Crippen molar-refractivity contribution in [2.75, 3.05) is 21.3 Å². The number of aromatic hydroxyl groups is 3. The van der Waals surface area contributed by atoms with Gasteiger partial charge in [0.15, 0.2) is 45.7 Å². The van der Waals surface area contributed by atoms with Crippen molar-refractivity contribution in [1.82, 2.24) is 0 Å². The number of furan rings is 2. The first-order chi connectivity index (χ1) is 14.0. The van der Waals surface area contributed by atoms with Crippen LogP contribution >= 0.6 is 0 Å². The maximum atomic E-state index is 11.0. The van der Waals surface area contributed by atoms with Gasteiger partial charge in [0, 0.05) is 22.9 Å². The minimum absolute atomic E-state index is 0.0800. The molecule has 3 N–H and O–H groups in total. The van der Waals surface area contributed by atoms with Crippen molar-refractivity contribution in [2.45, 2.75) is 0 Å². The first kappa shape index (κ1) is 17.2. The van der Waals surface area contributed by atoms with E-state index >= 15 is 0 Å². The highest BCUT2D eigenvalue weighted by molar-refractivity contribution is 6.23. The van der Waals surface area contributed by atoms with Gasteiger partial charge in [-0.25, -0.2) is 0 Å². The lowest BCUT2D eigenvalue weighted by atomic mass is 10.1. The quantitative estimate of drug-likeness (QED) is 0.404. The van der Waals surface area contributed by atoms with Crippen LogP contribution in [0.3, 0.4) is 0 Å². The van der Waals surface area contributed by atoms with Gasteiger partial charge < -0.3 is 38.4 Å². The molecule has 2 aromatic heterocycles. The standard InChI is InChI=1S/C21H16O8/c1-25-14-5-9-12(6-11(14)23)29-21-16(9)18(24)19-17(20(21)27-3)8-4-10(22)15(26-2)7-13(8)28-19/h4-7,22-24H,1-3H3. The number of fused-ring (bicyclic) bond motifs is 6. The summed E-state index contributed by atoms with van der Waals surface area (Å²) in [7, 11) is 4.34. The highest BCUT2D eigenvalue weighted by Crippen LogP contribution is 2.52. The molecule has 0 aliphatic carbocycles. The Morgan fingerprint density at radius 3 is 1.93 bits per heavy atom. The molecule has 5 aromatic rings. The summed E-state index contributed by atoms with van der Waals surface area (Å²) in [5.41, 5.74) is 1.19. The number of phenolic OH excluding ortho intramolecular Hbond substituents is 3. The van der Waals surface area contributed by atoms with Crippen molar-refractivity contribution in [1.29, 1.82) is 0 Å². The Morgan fingerprint density at radius 2 is 1.24 bits per heavy atom. The number of ether oxygens (including phenoxy) is 3. The van der Waals surface area contributed by atoms with E-state index in [1.165, 1.54) is 39.5 Å². The van der Waals surface area contributed by atoms with Crippen LogP contribution in [-0.4, -0.2) is 36.6 Å². The number of methoxy groups -OCH3 is 3. The maximum Gasteiger partial charge on any atom is 0.181 e. The molecule has 0 radical (unpaired) electrons. The molecule has 0 spiro atoms. The van der Waals surface area contributed by atoms with Crippen molar-refractivity contribution < 1.29 is 38.4 Å². The van der Waals surface area contributed by atoms with E-state index < -0.39 is 0 Å². The summed E-state index contributed by atoms with van der Waals surface area (Å²) in [6, 6.07) is 5.98. The Hall–Kier alpha value is -3.94. The number of hydrogen-bond donors (Lipinski definition) is 3. The lowest BCUT2D eigenvalue weighted by Crippen LogP contribution is -1.86. The van der Waals surface area contributed by atoms with Gasteiger partial charge in [-0.15, -0.1) is 0 Å². The van der Waals surface area contributed by atoms with Crippen LogP contribution in [0, 0.1) is 0 Å². The summed E-state index contributed by atoms with van der Waals surface area (Å²) in [6.07, 6.45) is 0. The van der Waals surface area contributed by atoms with E-state index in [1.54, 1.807) is 6.07 Å². The van der Waals surface area contributed by atoms with E-state index in [-0.39, 0.29) is 39.9 Å². The van der Waals surface area contributed by atoms with Gasteiger partial charge in [-0.2, -0.15) is 0 Å². The fourth-order valence-electron chi connectivity index (χ4n) is 3.76. The van der Waals surface area contributed by atoms with Gasteiger partial charge in [-0.3, -0.25) is 0 Å². The Bertz CT molecular complexity index is 1440. The lowest BCUT2D eigenvalue weighted by molar-refractivity contribution is 0.373. The summed E-state index contributed by atoms with van der Waals surface area (Å²) in [4.78, 5) is 0. The van der Waals surface area contributed by atoms with Crippen molar-refractivity contribution >= 4 is 43.9 Å². The van der Waals surface area contributed by atoms with Crippen LogP contribution < -0.4 is 14.2 Å². The zero-order chi connectivity index (χ0) is 20.4. The largest absolute Gasteiger partial charge is 0.504 e. The summed E-state index contributed by atoms with van der Waals surface area (Å²) in [5.74, 6) is 0.470. The highest BCUT2D eigenvalue weighted by Gasteiger charge is 2.27. The second-order valence-corrected chi connectivity index (χ2v) is 6.53. The zero-order valence-corrected chi connectivity index (χ0v) is 15.7. The van der Waals surface area contributed by atoms with E-state index in [1.807, 2.05) is 0 Å². The van der Waals surface area contributed by atoms with Crippen molar-refractivity contribution in [3.05, 3.63) is 24.3 Å². The molecule has 2 heterocycles. The first-order valence-electron chi connectivity index (χ1n) is 8.63. The van der Waals surface area contributed by atoms with Crippen LogP contribution in [0.5, 0.6) is 34.5 Å². The van der Waals surface area contributed by atoms with Gasteiger partial charge in [-0.1, -0.05) is 0 Å². The number of rotatable bonds is 3. The summed E-state index contributed by atoms with van der Waals surface area (Å²) in [6.45, 7) is 0. The second kappa shape index (κ2) is 5.78. The monoisotopic (exact) mass is 396 g/mol. The molecule has 3 aromatic carbocycles. The minimum atomic E-state index is -0.156. The number of hydrogen-bond acceptors (Lipinski definition) is 8. The third-order valence-electron chi connectivity index (χ3n) is 5.07. The molecule has 5 rings (SSSR count). The molecule has 0 fully saturated rings. The van der Waals surface area contributed by atoms with Crippen LogP contribution in [0.1, 0.15) is 0 Å². The summed E-state index contributed by atoms with van der Waals surface area (Å²) < 4.78 is 27.7. The third-order valence-corrected chi connectivity index (χ3v) is 5.07. The van der Waals surface area contributed by atoms with E-state index in [9.17, 15) is 15.3 Å². The van der Waals surface area contributed by atoms with E-state index in [0.29, 0.717) is 38.5 Å². The first-order valence-corrected chi connectivity index (χ1v) is 8.63. The van der Waals surface area contributed by atoms with E-state index in [0.717, 1.165) is 0 Å². The van der Waals surface area contributed by atoms with Gasteiger partial charge in [0.05, 0.1) is 32.1 Å². The minimum Gasteiger partial charge on any atom is -0.504 e. The van der Waals surface area contributed by atoms with Gasteiger partial charge in [0.2, 0.25) is 0 Å². The SMILES string of the molecule is COc1cc2oc3c(O)c4c(oc5cc(O)c(OC)cc54)c(OC)c3c2cc1O. The van der Waals surface area contributed by atoms with E-state index in [2.05, 4.69) is 0 Å². The van der Waals surface area contributed by atoms with Crippen molar-refractivity contribution in [2.24, 2.45) is 0 Å². The van der Waals surface area contributed by atoms with Crippen LogP contribution in [0.4, 0.5) is 0 Å². The van der Waals surface area contributed by atoms with Crippen LogP contribution in [0.15, 0.2) is 33.1 Å². The Balaban J connectivity index is 2.01. The molecular formula is C21H16O8. The molecule has 0 bridgehead atoms. The average Bonchev–Trinajstić information content (AvgIpc) is 3.25. The Morgan fingerprint density at radius 1 is 0.655 bits per heavy atom. The van der Waals surface area contributed by atoms with Gasteiger partial charge in [-0.05, 0) is 12.1 Å². The summed E-state index contributed by atoms with van der Waals surface area (Å²) in [5, 5.41) is 33.2. The summed E-state index contributed by atoms with van der Waals surface area (Å²) >= 11 is 0. The lowest BCUT2D eigenvalue weighted by Gasteiger charge is -2.05. The van der Waals surface area contributed by atoms with E-state index in [4.69, 9.17) is 23.0 Å². The molecule has 8 heteroatoms. The Kier molecular flexibility index (Phi) is 3.42. The number of benzene rings is 3. The topological polar surface area (TPSA) is 115 Å². The van der Waals surface area contributed by atoms with Crippen LogP contribution in [0.2, 0.25) is 0 Å². The van der Waals surface area contributed by atoms with Gasteiger partial charge in [0.25, 0.3) is 0 Å². The molecule has 0 aliphatic rings. The zero-order valence-electron chi connectivity index (χ0n) is 15.7. The smallest absolute Gasteiger partial charge is 0.181 e. The molecule has 0 saturated heterocycles. The molecule has 0 atom stereocenters. The molecule has 8 nitrogen and oxygen atoms in total. The third kappa shape index (κ3) is 2.13. The van der Waals surface area contributed by atoms with Crippen LogP contribution in [0.25, 0.3) is 43.9 Å². The van der Waals surface area contributed by atoms with Crippen molar-refractivity contribution in [3.8, 4) is 34.5 Å². The highest BCUT2D eigenvalue weighted by atomic mass is 16.5. The average molecular weight is 396 g/mol. The molecule has 0 aliphatic heterocycles. The predicted molar refractivity (Wildman–Crippen MR) is 106 cm³/mol. The number of phenols is 3. The fraction of sp³-hybridized carbons (Fsp3) is 0.143. The molecule has 29 heavy (non-hydrogen) atoms.